The van der Waals surface area contributed by atoms with Gasteiger partial charge in [-0.05, 0) is 49.2 Å². The molecule has 0 radical (unpaired) electrons. The molecule has 0 unspecified atom stereocenters. The van der Waals surface area contributed by atoms with Crippen LogP contribution >= 0.6 is 0 Å². The molecule has 6 nitrogen and oxygen atoms in total. The SMILES string of the molecule is Cc1ccc(C)c(NC(=O)CN2CCN(S(=O)(=O)c3cccc(F)c3)CC2)c1. The van der Waals surface area contributed by atoms with Gasteiger partial charge in [0.2, 0.25) is 15.9 Å². The molecule has 0 aromatic heterocycles. The number of sulfonamides is 1. The maximum Gasteiger partial charge on any atom is 0.243 e. The van der Waals surface area contributed by atoms with Crippen LogP contribution in [0.25, 0.3) is 0 Å². The lowest BCUT2D eigenvalue weighted by atomic mass is 10.1. The van der Waals surface area contributed by atoms with Crippen LogP contribution in [0.15, 0.2) is 47.4 Å². The van der Waals surface area contributed by atoms with E-state index >= 15 is 0 Å². The van der Waals surface area contributed by atoms with Crippen LogP contribution in [-0.4, -0.2) is 56.3 Å². The topological polar surface area (TPSA) is 69.7 Å². The molecule has 0 spiro atoms. The van der Waals surface area contributed by atoms with Crippen LogP contribution in [0.4, 0.5) is 10.1 Å². The minimum Gasteiger partial charge on any atom is -0.325 e. The summed E-state index contributed by atoms with van der Waals surface area (Å²) in [5.74, 6) is -0.710. The third-order valence-electron chi connectivity index (χ3n) is 4.80. The minimum atomic E-state index is -3.73. The fourth-order valence-corrected chi connectivity index (χ4v) is 4.62. The number of hydrogen-bond donors (Lipinski definition) is 1. The Labute approximate surface area is 165 Å². The molecule has 1 heterocycles. The van der Waals surface area contributed by atoms with Crippen LogP contribution in [0, 0.1) is 19.7 Å². The van der Waals surface area contributed by atoms with E-state index in [1.807, 2.05) is 36.9 Å². The van der Waals surface area contributed by atoms with Crippen molar-refractivity contribution in [3.63, 3.8) is 0 Å². The van der Waals surface area contributed by atoms with Crippen molar-refractivity contribution in [1.29, 1.82) is 0 Å². The first-order valence-electron chi connectivity index (χ1n) is 9.11. The molecule has 1 aliphatic heterocycles. The Kier molecular flexibility index (Phi) is 6.12. The van der Waals surface area contributed by atoms with E-state index in [4.69, 9.17) is 0 Å². The van der Waals surface area contributed by atoms with E-state index in [9.17, 15) is 17.6 Å². The second-order valence-electron chi connectivity index (χ2n) is 7.00. The molecule has 1 N–H and O–H groups in total. The third kappa shape index (κ3) is 4.76. The van der Waals surface area contributed by atoms with Crippen molar-refractivity contribution < 1.29 is 17.6 Å². The molecule has 0 atom stereocenters. The largest absolute Gasteiger partial charge is 0.325 e. The van der Waals surface area contributed by atoms with Crippen LogP contribution in [0.3, 0.4) is 0 Å². The molecule has 0 aliphatic carbocycles. The first kappa shape index (κ1) is 20.4. The highest BCUT2D eigenvalue weighted by Gasteiger charge is 2.29. The molecule has 0 bridgehead atoms. The normalized spacial score (nSPS) is 16.1. The summed E-state index contributed by atoms with van der Waals surface area (Å²) in [5.41, 5.74) is 2.85. The second-order valence-corrected chi connectivity index (χ2v) is 8.94. The van der Waals surface area contributed by atoms with Crippen molar-refractivity contribution in [3.05, 3.63) is 59.4 Å². The lowest BCUT2D eigenvalue weighted by molar-refractivity contribution is -0.117. The number of amides is 1. The Morgan fingerprint density at radius 3 is 2.46 bits per heavy atom. The smallest absolute Gasteiger partial charge is 0.243 e. The Hall–Kier alpha value is -2.29. The van der Waals surface area contributed by atoms with Gasteiger partial charge in [-0.25, -0.2) is 12.8 Å². The number of carbonyl (C=O) groups excluding carboxylic acids is 1. The number of hydrogen-bond acceptors (Lipinski definition) is 4. The first-order valence-corrected chi connectivity index (χ1v) is 10.5. The lowest BCUT2D eigenvalue weighted by Gasteiger charge is -2.33. The number of carbonyl (C=O) groups is 1. The van der Waals surface area contributed by atoms with Crippen molar-refractivity contribution in [1.82, 2.24) is 9.21 Å². The van der Waals surface area contributed by atoms with Crippen molar-refractivity contribution in [2.45, 2.75) is 18.7 Å². The number of piperazine rings is 1. The number of aryl methyl sites for hydroxylation is 2. The van der Waals surface area contributed by atoms with Gasteiger partial charge in [-0.2, -0.15) is 4.31 Å². The van der Waals surface area contributed by atoms with Gasteiger partial charge in [-0.3, -0.25) is 9.69 Å². The molecule has 8 heteroatoms. The van der Waals surface area contributed by atoms with E-state index in [2.05, 4.69) is 5.32 Å². The quantitative estimate of drug-likeness (QED) is 0.829. The summed E-state index contributed by atoms with van der Waals surface area (Å²) in [6.07, 6.45) is 0. The Bertz CT molecular complexity index is 970. The Morgan fingerprint density at radius 1 is 1.07 bits per heavy atom. The van der Waals surface area contributed by atoms with Gasteiger partial charge >= 0.3 is 0 Å². The average molecular weight is 405 g/mol. The summed E-state index contributed by atoms with van der Waals surface area (Å²) < 4.78 is 40.0. The Morgan fingerprint density at radius 2 is 1.79 bits per heavy atom. The summed E-state index contributed by atoms with van der Waals surface area (Å²) in [7, 11) is -3.73. The minimum absolute atomic E-state index is 0.0476. The lowest BCUT2D eigenvalue weighted by Crippen LogP contribution is -2.50. The summed E-state index contributed by atoms with van der Waals surface area (Å²) >= 11 is 0. The van der Waals surface area contributed by atoms with Crippen LogP contribution < -0.4 is 5.32 Å². The summed E-state index contributed by atoms with van der Waals surface area (Å²) in [6, 6.07) is 10.9. The van der Waals surface area contributed by atoms with Gasteiger partial charge < -0.3 is 5.32 Å². The highest BCUT2D eigenvalue weighted by molar-refractivity contribution is 7.89. The molecule has 2 aromatic rings. The van der Waals surface area contributed by atoms with Crippen LogP contribution in [0.1, 0.15) is 11.1 Å². The van der Waals surface area contributed by atoms with Crippen LogP contribution in [-0.2, 0) is 14.8 Å². The summed E-state index contributed by atoms with van der Waals surface area (Å²) in [5, 5.41) is 2.92. The zero-order valence-electron chi connectivity index (χ0n) is 16.0. The van der Waals surface area contributed by atoms with Crippen molar-refractivity contribution >= 4 is 21.6 Å². The van der Waals surface area contributed by atoms with Gasteiger partial charge in [-0.15, -0.1) is 0 Å². The molecule has 3 rings (SSSR count). The highest BCUT2D eigenvalue weighted by atomic mass is 32.2. The molecular formula is C20H24FN3O3S. The molecule has 1 amide bonds. The van der Waals surface area contributed by atoms with Crippen molar-refractivity contribution in [3.8, 4) is 0 Å². The van der Waals surface area contributed by atoms with Crippen LogP contribution in [0.2, 0.25) is 0 Å². The summed E-state index contributed by atoms with van der Waals surface area (Å²) in [4.78, 5) is 14.2. The molecule has 150 valence electrons. The number of nitrogens with zero attached hydrogens (tertiary/aromatic N) is 2. The molecular weight excluding hydrogens is 381 g/mol. The van der Waals surface area contributed by atoms with Crippen molar-refractivity contribution in [2.75, 3.05) is 38.0 Å². The Balaban J connectivity index is 1.56. The molecule has 1 saturated heterocycles. The second kappa shape index (κ2) is 8.38. The number of nitrogens with one attached hydrogen (secondary N) is 1. The van der Waals surface area contributed by atoms with Gasteiger partial charge in [-0.1, -0.05) is 18.2 Å². The number of halogens is 1. The van der Waals surface area contributed by atoms with E-state index in [0.29, 0.717) is 13.1 Å². The van der Waals surface area contributed by atoms with Gasteiger partial charge in [0.25, 0.3) is 0 Å². The molecule has 28 heavy (non-hydrogen) atoms. The molecule has 1 aliphatic rings. The van der Waals surface area contributed by atoms with Gasteiger partial charge in [0.15, 0.2) is 0 Å². The first-order chi connectivity index (χ1) is 13.3. The zero-order valence-corrected chi connectivity index (χ0v) is 16.8. The van der Waals surface area contributed by atoms with E-state index < -0.39 is 15.8 Å². The fraction of sp³-hybridized carbons (Fsp3) is 0.350. The maximum atomic E-state index is 13.4. The highest BCUT2D eigenvalue weighted by Crippen LogP contribution is 2.19. The average Bonchev–Trinajstić information content (AvgIpc) is 2.65. The number of anilines is 1. The van der Waals surface area contributed by atoms with Gasteiger partial charge in [0, 0.05) is 31.9 Å². The van der Waals surface area contributed by atoms with Gasteiger partial charge in [0.1, 0.15) is 5.82 Å². The van der Waals surface area contributed by atoms with E-state index in [1.165, 1.54) is 22.5 Å². The summed E-state index contributed by atoms with van der Waals surface area (Å²) in [6.45, 7) is 5.49. The predicted octanol–water partition coefficient (Wildman–Crippen LogP) is 2.39. The molecule has 1 fully saturated rings. The van der Waals surface area contributed by atoms with Crippen molar-refractivity contribution in [2.24, 2.45) is 0 Å². The zero-order chi connectivity index (χ0) is 20.3. The molecule has 2 aromatic carbocycles. The fourth-order valence-electron chi connectivity index (χ4n) is 3.17. The predicted molar refractivity (Wildman–Crippen MR) is 106 cm³/mol. The van der Waals surface area contributed by atoms with Crippen LogP contribution in [0.5, 0.6) is 0 Å². The maximum absolute atomic E-state index is 13.4. The monoisotopic (exact) mass is 405 g/mol. The number of rotatable bonds is 5. The van der Waals surface area contributed by atoms with E-state index in [-0.39, 0.29) is 30.4 Å². The van der Waals surface area contributed by atoms with E-state index in [0.717, 1.165) is 22.9 Å². The van der Waals surface area contributed by atoms with Gasteiger partial charge in [0.05, 0.1) is 11.4 Å². The molecule has 0 saturated carbocycles. The number of benzene rings is 2. The van der Waals surface area contributed by atoms with E-state index in [1.54, 1.807) is 0 Å². The third-order valence-corrected chi connectivity index (χ3v) is 6.69. The standard InChI is InChI=1S/C20H24FN3O3S/c1-15-6-7-16(2)19(12-15)22-20(25)14-23-8-10-24(11-9-23)28(26,27)18-5-3-4-17(21)13-18/h3-7,12-13H,8-11,14H2,1-2H3,(H,22,25).